The topological polar surface area (TPSA) is 30.9 Å². The Balaban J connectivity index is 1.76. The van der Waals surface area contributed by atoms with E-state index in [1.807, 2.05) is 31.2 Å². The van der Waals surface area contributed by atoms with Crippen LogP contribution in [-0.2, 0) is 22.3 Å². The van der Waals surface area contributed by atoms with Crippen molar-refractivity contribution >= 4 is 29.1 Å². The Morgan fingerprint density at radius 3 is 2.30 bits per heavy atom. The van der Waals surface area contributed by atoms with E-state index in [1.165, 1.54) is 30.3 Å². The normalized spacial score (nSPS) is 10.7. The molecule has 0 aliphatic carbocycles. The molecular weight excluding hydrogens is 378 g/mol. The summed E-state index contributed by atoms with van der Waals surface area (Å²) in [7, 11) is 1.50. The Morgan fingerprint density at radius 1 is 0.926 bits per heavy atom. The summed E-state index contributed by atoms with van der Waals surface area (Å²) in [6, 6.07) is 18.8. The minimum Gasteiger partial charge on any atom is -0.494 e. The third-order valence-corrected chi connectivity index (χ3v) is 5.36. The summed E-state index contributed by atoms with van der Waals surface area (Å²) < 4.78 is 10.5. The van der Waals surface area contributed by atoms with Gasteiger partial charge in [0, 0.05) is 23.7 Å². The van der Waals surface area contributed by atoms with E-state index in [-0.39, 0.29) is 0 Å². The number of ether oxygens (including phenoxy) is 1. The van der Waals surface area contributed by atoms with E-state index in [0.29, 0.717) is 6.61 Å². The fraction of sp³-hybridized carbons (Fsp3) is 0.238. The van der Waals surface area contributed by atoms with Crippen molar-refractivity contribution in [3.63, 3.8) is 0 Å². The molecule has 0 spiro atoms. The average Bonchev–Trinajstić information content (AvgIpc) is 3.21. The van der Waals surface area contributed by atoms with Crippen molar-refractivity contribution in [3.05, 3.63) is 76.5 Å². The Hall–Kier alpha value is -1.99. The van der Waals surface area contributed by atoms with Gasteiger partial charge in [-0.25, -0.2) is 4.89 Å². The molecule has 0 radical (unpaired) electrons. The molecular formula is C21H23NO3S2. The summed E-state index contributed by atoms with van der Waals surface area (Å²) >= 11 is 2.93. The predicted molar refractivity (Wildman–Crippen MR) is 112 cm³/mol. The summed E-state index contributed by atoms with van der Waals surface area (Å²) in [4.78, 5) is 8.00. The number of hydrogen-bond donors (Lipinski definition) is 0. The molecule has 0 aliphatic rings. The lowest BCUT2D eigenvalue weighted by Gasteiger charge is -2.25. The van der Waals surface area contributed by atoms with Crippen molar-refractivity contribution < 1.29 is 14.0 Å². The number of nitrogens with zero attached hydrogens (tertiary/aromatic N) is 1. The summed E-state index contributed by atoms with van der Waals surface area (Å²) in [5, 5.41) is 4.31. The number of rotatable bonds is 10. The van der Waals surface area contributed by atoms with Crippen LogP contribution in [0.25, 0.3) is 0 Å². The highest BCUT2D eigenvalue weighted by atomic mass is 32.2. The van der Waals surface area contributed by atoms with E-state index >= 15 is 0 Å². The number of benzene rings is 2. The molecule has 0 atom stereocenters. The second kappa shape index (κ2) is 10.4. The lowest BCUT2D eigenvalue weighted by atomic mass is 10.1. The van der Waals surface area contributed by atoms with E-state index in [4.69, 9.17) is 9.07 Å². The smallest absolute Gasteiger partial charge is 0.119 e. The summed E-state index contributed by atoms with van der Waals surface area (Å²) in [5.74, 6) is 0.908. The maximum absolute atomic E-state index is 5.54. The zero-order valence-electron chi connectivity index (χ0n) is 15.5. The van der Waals surface area contributed by atoms with Gasteiger partial charge in [0.05, 0.1) is 25.8 Å². The molecule has 3 rings (SSSR count). The van der Waals surface area contributed by atoms with Crippen LogP contribution in [0.3, 0.4) is 0 Å². The molecule has 0 unspecified atom stereocenters. The first-order chi connectivity index (χ1) is 13.3. The zero-order chi connectivity index (χ0) is 18.9. The van der Waals surface area contributed by atoms with Crippen LogP contribution in [0.2, 0.25) is 0 Å². The molecule has 0 saturated carbocycles. The van der Waals surface area contributed by atoms with Gasteiger partial charge in [-0.15, -0.1) is 0 Å². The largest absolute Gasteiger partial charge is 0.494 e. The van der Waals surface area contributed by atoms with Crippen LogP contribution in [0.1, 0.15) is 18.1 Å². The molecule has 0 fully saturated rings. The van der Waals surface area contributed by atoms with Gasteiger partial charge in [0.25, 0.3) is 0 Å². The standard InChI is InChI=1S/C21H23NO3S2/c1-3-24-20-8-4-17(5-9-20)14-22(15-18-12-13-26-16-18)19-6-10-21(11-7-19)27-25-23-2/h4-13,16H,3,14-15H2,1-2H3. The van der Waals surface area contributed by atoms with E-state index < -0.39 is 0 Å². The summed E-state index contributed by atoms with van der Waals surface area (Å²) in [6.07, 6.45) is 0. The van der Waals surface area contributed by atoms with E-state index in [2.05, 4.69) is 50.9 Å². The van der Waals surface area contributed by atoms with Crippen LogP contribution in [0.5, 0.6) is 5.75 Å². The molecule has 1 aromatic heterocycles. The summed E-state index contributed by atoms with van der Waals surface area (Å²) in [5.41, 5.74) is 3.72. The van der Waals surface area contributed by atoms with Gasteiger partial charge in [-0.05, 0) is 71.3 Å². The second-order valence-corrected chi connectivity index (χ2v) is 7.43. The fourth-order valence-corrected chi connectivity index (χ4v) is 3.76. The summed E-state index contributed by atoms with van der Waals surface area (Å²) in [6.45, 7) is 4.36. The van der Waals surface area contributed by atoms with Gasteiger partial charge in [0.1, 0.15) is 5.75 Å². The Labute approximate surface area is 168 Å². The minimum absolute atomic E-state index is 0.681. The van der Waals surface area contributed by atoms with Gasteiger partial charge < -0.3 is 9.64 Å². The first kappa shape index (κ1) is 19.8. The van der Waals surface area contributed by atoms with E-state index in [9.17, 15) is 0 Å². The quantitative estimate of drug-likeness (QED) is 0.238. The first-order valence-corrected chi connectivity index (χ1v) is 10.4. The van der Waals surface area contributed by atoms with Crippen LogP contribution in [0, 0.1) is 0 Å². The third kappa shape index (κ3) is 6.01. The fourth-order valence-electron chi connectivity index (χ4n) is 2.71. The molecule has 6 heteroatoms. The van der Waals surface area contributed by atoms with Gasteiger partial charge in [-0.2, -0.15) is 15.7 Å². The van der Waals surface area contributed by atoms with E-state index in [0.717, 1.165) is 29.4 Å². The first-order valence-electron chi connectivity index (χ1n) is 8.73. The van der Waals surface area contributed by atoms with Gasteiger partial charge in [0.2, 0.25) is 0 Å². The molecule has 142 valence electrons. The minimum atomic E-state index is 0.681. The lowest BCUT2D eigenvalue weighted by molar-refractivity contribution is -0.160. The molecule has 1 heterocycles. The van der Waals surface area contributed by atoms with Gasteiger partial charge in [0.15, 0.2) is 0 Å². The zero-order valence-corrected chi connectivity index (χ0v) is 17.1. The molecule has 2 aromatic carbocycles. The molecule has 0 bridgehead atoms. The average molecular weight is 402 g/mol. The number of anilines is 1. The van der Waals surface area contributed by atoms with Crippen molar-refractivity contribution in [1.29, 1.82) is 0 Å². The molecule has 0 N–H and O–H groups in total. The van der Waals surface area contributed by atoms with Crippen LogP contribution in [-0.4, -0.2) is 13.7 Å². The Bertz CT molecular complexity index is 789. The maximum Gasteiger partial charge on any atom is 0.119 e. The van der Waals surface area contributed by atoms with Crippen molar-refractivity contribution in [2.45, 2.75) is 24.9 Å². The predicted octanol–water partition coefficient (Wildman–Crippen LogP) is 5.94. The Kier molecular flexibility index (Phi) is 7.59. The van der Waals surface area contributed by atoms with Crippen molar-refractivity contribution in [1.82, 2.24) is 0 Å². The van der Waals surface area contributed by atoms with Crippen molar-refractivity contribution in [2.75, 3.05) is 18.6 Å². The Morgan fingerprint density at radius 2 is 1.67 bits per heavy atom. The SMILES string of the molecule is CCOc1ccc(CN(Cc2ccsc2)c2ccc(SOOC)cc2)cc1. The van der Waals surface area contributed by atoms with E-state index in [1.54, 1.807) is 11.3 Å². The highest BCUT2D eigenvalue weighted by Gasteiger charge is 2.10. The molecule has 3 aromatic rings. The monoisotopic (exact) mass is 401 g/mol. The third-order valence-electron chi connectivity index (χ3n) is 3.96. The van der Waals surface area contributed by atoms with Crippen LogP contribution in [0.15, 0.2) is 70.3 Å². The highest BCUT2D eigenvalue weighted by Crippen LogP contribution is 2.26. The van der Waals surface area contributed by atoms with Gasteiger partial charge in [-0.3, -0.25) is 0 Å². The second-order valence-electron chi connectivity index (χ2n) is 5.88. The number of thiophene rings is 1. The number of hydrogen-bond acceptors (Lipinski definition) is 6. The van der Waals surface area contributed by atoms with Crippen molar-refractivity contribution in [3.8, 4) is 5.75 Å². The molecule has 0 saturated heterocycles. The van der Waals surface area contributed by atoms with Gasteiger partial charge in [-0.1, -0.05) is 12.1 Å². The molecule has 0 aliphatic heterocycles. The van der Waals surface area contributed by atoms with Crippen LogP contribution < -0.4 is 9.64 Å². The maximum atomic E-state index is 5.54. The van der Waals surface area contributed by atoms with Gasteiger partial charge >= 0.3 is 0 Å². The highest BCUT2D eigenvalue weighted by molar-refractivity contribution is 7.94. The molecule has 27 heavy (non-hydrogen) atoms. The lowest BCUT2D eigenvalue weighted by Crippen LogP contribution is -2.21. The van der Waals surface area contributed by atoms with Crippen LogP contribution in [0.4, 0.5) is 5.69 Å². The molecule has 0 amide bonds. The molecule has 4 nitrogen and oxygen atoms in total. The van der Waals surface area contributed by atoms with Crippen molar-refractivity contribution in [2.24, 2.45) is 0 Å². The van der Waals surface area contributed by atoms with Crippen LogP contribution >= 0.6 is 23.4 Å².